The lowest BCUT2D eigenvalue weighted by molar-refractivity contribution is -0.114. The first-order chi connectivity index (χ1) is 6.13. The van der Waals surface area contributed by atoms with Crippen molar-refractivity contribution in [2.24, 2.45) is 11.5 Å². The van der Waals surface area contributed by atoms with E-state index in [1.807, 2.05) is 30.3 Å². The molecule has 68 valence electrons. The minimum atomic E-state index is -0.582. The predicted octanol–water partition coefficient (Wildman–Crippen LogP) is 0.862. The number of hydrogen-bond donors (Lipinski definition) is 2. The van der Waals surface area contributed by atoms with Crippen LogP contribution < -0.4 is 11.5 Å². The average Bonchev–Trinajstić information content (AvgIpc) is 2.17. The molecular weight excluding hydrogens is 164 g/mol. The SMILES string of the molecule is C/C(=C(/N)C(N)=O)c1ccccc1. The molecule has 0 aliphatic carbocycles. The van der Waals surface area contributed by atoms with Gasteiger partial charge in [0.1, 0.15) is 5.70 Å². The molecule has 0 aliphatic heterocycles. The number of carbonyl (C=O) groups excluding carboxylic acids is 1. The second-order valence-corrected chi connectivity index (χ2v) is 2.77. The van der Waals surface area contributed by atoms with Gasteiger partial charge in [0.25, 0.3) is 5.91 Å². The lowest BCUT2D eigenvalue weighted by Gasteiger charge is -2.03. The van der Waals surface area contributed by atoms with Crippen molar-refractivity contribution in [1.29, 1.82) is 0 Å². The average molecular weight is 176 g/mol. The van der Waals surface area contributed by atoms with Gasteiger partial charge in [0.2, 0.25) is 0 Å². The Morgan fingerprint density at radius 1 is 1.15 bits per heavy atom. The van der Waals surface area contributed by atoms with Crippen LogP contribution in [0, 0.1) is 0 Å². The summed E-state index contributed by atoms with van der Waals surface area (Å²) in [6.07, 6.45) is 0. The maximum absolute atomic E-state index is 10.8. The van der Waals surface area contributed by atoms with E-state index in [9.17, 15) is 4.79 Å². The first-order valence-corrected chi connectivity index (χ1v) is 3.94. The summed E-state index contributed by atoms with van der Waals surface area (Å²) < 4.78 is 0. The Morgan fingerprint density at radius 2 is 1.69 bits per heavy atom. The number of rotatable bonds is 2. The summed E-state index contributed by atoms with van der Waals surface area (Å²) in [5.41, 5.74) is 12.3. The number of carbonyl (C=O) groups is 1. The van der Waals surface area contributed by atoms with Crippen LogP contribution in [-0.2, 0) is 4.79 Å². The molecule has 0 saturated carbocycles. The number of amides is 1. The molecule has 0 atom stereocenters. The largest absolute Gasteiger partial charge is 0.394 e. The molecule has 13 heavy (non-hydrogen) atoms. The van der Waals surface area contributed by atoms with Gasteiger partial charge in [-0.1, -0.05) is 30.3 Å². The fraction of sp³-hybridized carbons (Fsp3) is 0.100. The second kappa shape index (κ2) is 3.76. The van der Waals surface area contributed by atoms with Crippen molar-refractivity contribution in [2.75, 3.05) is 0 Å². The van der Waals surface area contributed by atoms with Crippen molar-refractivity contribution in [2.45, 2.75) is 6.92 Å². The van der Waals surface area contributed by atoms with Gasteiger partial charge in [-0.15, -0.1) is 0 Å². The number of nitrogens with two attached hydrogens (primary N) is 2. The molecule has 0 bridgehead atoms. The third kappa shape index (κ3) is 2.08. The van der Waals surface area contributed by atoms with Gasteiger partial charge in [-0.05, 0) is 18.1 Å². The molecule has 3 heteroatoms. The fourth-order valence-corrected chi connectivity index (χ4v) is 1.03. The molecule has 0 unspecified atom stereocenters. The number of allylic oxidation sites excluding steroid dienone is 1. The van der Waals surface area contributed by atoms with Gasteiger partial charge in [0.15, 0.2) is 0 Å². The Balaban J connectivity index is 3.11. The molecule has 1 rings (SSSR count). The van der Waals surface area contributed by atoms with Gasteiger partial charge >= 0.3 is 0 Å². The maximum Gasteiger partial charge on any atom is 0.264 e. The highest BCUT2D eigenvalue weighted by atomic mass is 16.1. The molecule has 1 aromatic rings. The molecule has 0 aliphatic rings. The molecule has 0 radical (unpaired) electrons. The van der Waals surface area contributed by atoms with Gasteiger partial charge in [0.05, 0.1) is 0 Å². The fourth-order valence-electron chi connectivity index (χ4n) is 1.03. The molecule has 0 spiro atoms. The molecule has 1 aromatic carbocycles. The minimum Gasteiger partial charge on any atom is -0.394 e. The van der Waals surface area contributed by atoms with Crippen LogP contribution in [0.4, 0.5) is 0 Å². The lowest BCUT2D eigenvalue weighted by atomic mass is 10.1. The van der Waals surface area contributed by atoms with Crippen LogP contribution in [0.5, 0.6) is 0 Å². The lowest BCUT2D eigenvalue weighted by Crippen LogP contribution is -2.21. The quantitative estimate of drug-likeness (QED) is 0.656. The molecule has 0 fully saturated rings. The van der Waals surface area contributed by atoms with Gasteiger partial charge < -0.3 is 11.5 Å². The van der Waals surface area contributed by atoms with E-state index in [4.69, 9.17) is 11.5 Å². The Kier molecular flexibility index (Phi) is 2.69. The standard InChI is InChI=1S/C10H12N2O/c1-7(9(11)10(12)13)8-5-3-2-4-6-8/h2-6H,11H2,1H3,(H2,12,13)/b9-7-. The normalized spacial score (nSPS) is 12.1. The zero-order valence-corrected chi connectivity index (χ0v) is 7.45. The number of hydrogen-bond acceptors (Lipinski definition) is 2. The van der Waals surface area contributed by atoms with E-state index < -0.39 is 5.91 Å². The monoisotopic (exact) mass is 176 g/mol. The molecule has 1 amide bonds. The van der Waals surface area contributed by atoms with Crippen LogP contribution in [0.1, 0.15) is 12.5 Å². The van der Waals surface area contributed by atoms with E-state index in [0.29, 0.717) is 5.57 Å². The minimum absolute atomic E-state index is 0.117. The summed E-state index contributed by atoms with van der Waals surface area (Å²) in [6.45, 7) is 1.77. The Morgan fingerprint density at radius 3 is 2.15 bits per heavy atom. The van der Waals surface area contributed by atoms with Crippen molar-refractivity contribution in [3.05, 3.63) is 41.6 Å². The summed E-state index contributed by atoms with van der Waals surface area (Å²) in [4.78, 5) is 10.8. The van der Waals surface area contributed by atoms with Gasteiger partial charge in [-0.2, -0.15) is 0 Å². The highest BCUT2D eigenvalue weighted by Crippen LogP contribution is 2.14. The number of primary amides is 1. The third-order valence-corrected chi connectivity index (χ3v) is 1.88. The van der Waals surface area contributed by atoms with Crippen LogP contribution in [0.15, 0.2) is 36.0 Å². The van der Waals surface area contributed by atoms with Crippen LogP contribution in [0.2, 0.25) is 0 Å². The Bertz CT molecular complexity index is 341. The Hall–Kier alpha value is -1.77. The van der Waals surface area contributed by atoms with Crippen LogP contribution in [-0.4, -0.2) is 5.91 Å². The highest BCUT2D eigenvalue weighted by Gasteiger charge is 2.05. The van der Waals surface area contributed by atoms with Crippen molar-refractivity contribution in [3.63, 3.8) is 0 Å². The maximum atomic E-state index is 10.8. The smallest absolute Gasteiger partial charge is 0.264 e. The second-order valence-electron chi connectivity index (χ2n) is 2.77. The van der Waals surface area contributed by atoms with E-state index in [0.717, 1.165) is 5.56 Å². The van der Waals surface area contributed by atoms with Gasteiger partial charge in [-0.3, -0.25) is 4.79 Å². The molecule has 0 heterocycles. The van der Waals surface area contributed by atoms with E-state index in [1.165, 1.54) is 0 Å². The van der Waals surface area contributed by atoms with E-state index in [2.05, 4.69) is 0 Å². The van der Waals surface area contributed by atoms with Crippen molar-refractivity contribution >= 4 is 11.5 Å². The summed E-state index contributed by atoms with van der Waals surface area (Å²) in [5, 5.41) is 0. The third-order valence-electron chi connectivity index (χ3n) is 1.88. The van der Waals surface area contributed by atoms with Gasteiger partial charge in [0, 0.05) is 0 Å². The Labute approximate surface area is 77.0 Å². The summed E-state index contributed by atoms with van der Waals surface area (Å²) >= 11 is 0. The van der Waals surface area contributed by atoms with E-state index >= 15 is 0 Å². The van der Waals surface area contributed by atoms with Gasteiger partial charge in [-0.25, -0.2) is 0 Å². The van der Waals surface area contributed by atoms with Crippen LogP contribution >= 0.6 is 0 Å². The van der Waals surface area contributed by atoms with Crippen molar-refractivity contribution in [1.82, 2.24) is 0 Å². The topological polar surface area (TPSA) is 69.1 Å². The highest BCUT2D eigenvalue weighted by molar-refractivity contribution is 5.98. The van der Waals surface area contributed by atoms with Crippen molar-refractivity contribution in [3.8, 4) is 0 Å². The van der Waals surface area contributed by atoms with E-state index in [1.54, 1.807) is 6.92 Å². The first kappa shape index (κ1) is 9.32. The summed E-state index contributed by atoms with van der Waals surface area (Å²) in [5.74, 6) is -0.582. The first-order valence-electron chi connectivity index (χ1n) is 3.94. The molecule has 3 nitrogen and oxygen atoms in total. The zero-order chi connectivity index (χ0) is 9.84. The van der Waals surface area contributed by atoms with Crippen LogP contribution in [0.25, 0.3) is 5.57 Å². The molecule has 0 aromatic heterocycles. The van der Waals surface area contributed by atoms with Crippen molar-refractivity contribution < 1.29 is 4.79 Å². The zero-order valence-electron chi connectivity index (χ0n) is 7.45. The van der Waals surface area contributed by atoms with Crippen LogP contribution in [0.3, 0.4) is 0 Å². The summed E-state index contributed by atoms with van der Waals surface area (Å²) in [6, 6.07) is 9.42. The van der Waals surface area contributed by atoms with E-state index in [-0.39, 0.29) is 5.70 Å². The number of benzene rings is 1. The molecular formula is C10H12N2O. The predicted molar refractivity (Wildman–Crippen MR) is 52.4 cm³/mol. The summed E-state index contributed by atoms with van der Waals surface area (Å²) in [7, 11) is 0. The molecule has 0 saturated heterocycles. The molecule has 4 N–H and O–H groups in total.